The fourth-order valence-electron chi connectivity index (χ4n) is 3.76. The Hall–Kier alpha value is -1.88. The first-order valence-corrected chi connectivity index (χ1v) is 8.97. The molecule has 1 aromatic carbocycles. The summed E-state index contributed by atoms with van der Waals surface area (Å²) in [6.07, 6.45) is 4.52. The van der Waals surface area contributed by atoms with Crippen LogP contribution in [0.3, 0.4) is 0 Å². The van der Waals surface area contributed by atoms with Gasteiger partial charge in [-0.25, -0.2) is 0 Å². The lowest BCUT2D eigenvalue weighted by molar-refractivity contribution is -0.118. The van der Waals surface area contributed by atoms with E-state index < -0.39 is 0 Å². The normalized spacial score (nSPS) is 21.3. The van der Waals surface area contributed by atoms with Gasteiger partial charge in [0.25, 0.3) is 0 Å². The Labute approximate surface area is 143 Å². The minimum absolute atomic E-state index is 0.0138. The molecule has 1 heterocycles. The molecule has 1 spiro atoms. The number of rotatable bonds is 5. The molecule has 130 valence electrons. The standard InChI is InChI=1S/C19H27N3O2/c1-3-5-17(23)21-15-6-4-7-16(13(15)2)22-18(24)14-12-19(14)8-10-20-11-9-19/h4,6-7,14,20H,3,5,8-12H2,1-2H3,(H,21,23)(H,22,24). The summed E-state index contributed by atoms with van der Waals surface area (Å²) in [5, 5.41) is 9.37. The highest BCUT2D eigenvalue weighted by molar-refractivity contribution is 5.98. The Morgan fingerprint density at radius 2 is 1.88 bits per heavy atom. The Kier molecular flexibility index (Phi) is 4.90. The number of carbonyl (C=O) groups is 2. The van der Waals surface area contributed by atoms with E-state index in [-0.39, 0.29) is 23.1 Å². The zero-order chi connectivity index (χ0) is 17.2. The predicted octanol–water partition coefficient (Wildman–Crippen LogP) is 3.06. The number of amides is 2. The lowest BCUT2D eigenvalue weighted by atomic mass is 9.91. The van der Waals surface area contributed by atoms with Crippen molar-refractivity contribution in [3.05, 3.63) is 23.8 Å². The van der Waals surface area contributed by atoms with Gasteiger partial charge in [0, 0.05) is 23.7 Å². The van der Waals surface area contributed by atoms with Gasteiger partial charge < -0.3 is 16.0 Å². The first-order chi connectivity index (χ1) is 11.6. The first kappa shape index (κ1) is 17.0. The molecule has 2 fully saturated rings. The van der Waals surface area contributed by atoms with Gasteiger partial charge in [0.1, 0.15) is 0 Å². The number of hydrogen-bond acceptors (Lipinski definition) is 3. The van der Waals surface area contributed by atoms with E-state index in [2.05, 4.69) is 16.0 Å². The average Bonchev–Trinajstić information content (AvgIpc) is 3.25. The Bertz CT molecular complexity index is 635. The molecular formula is C19H27N3O2. The summed E-state index contributed by atoms with van der Waals surface area (Å²) in [5.74, 6) is 0.273. The van der Waals surface area contributed by atoms with Gasteiger partial charge in [-0.2, -0.15) is 0 Å². The van der Waals surface area contributed by atoms with E-state index in [1.165, 1.54) is 0 Å². The highest BCUT2D eigenvalue weighted by atomic mass is 16.2. The lowest BCUT2D eigenvalue weighted by Gasteiger charge is -2.23. The van der Waals surface area contributed by atoms with E-state index in [4.69, 9.17) is 0 Å². The van der Waals surface area contributed by atoms with Crippen LogP contribution in [0.15, 0.2) is 18.2 Å². The van der Waals surface area contributed by atoms with Crippen LogP contribution in [0.2, 0.25) is 0 Å². The first-order valence-electron chi connectivity index (χ1n) is 8.97. The van der Waals surface area contributed by atoms with Gasteiger partial charge in [-0.1, -0.05) is 13.0 Å². The molecule has 2 amide bonds. The molecule has 0 bridgehead atoms. The van der Waals surface area contributed by atoms with Crippen LogP contribution in [0.5, 0.6) is 0 Å². The average molecular weight is 329 g/mol. The van der Waals surface area contributed by atoms with Crippen molar-refractivity contribution in [1.29, 1.82) is 0 Å². The fraction of sp³-hybridized carbons (Fsp3) is 0.579. The Balaban J connectivity index is 1.65. The summed E-state index contributed by atoms with van der Waals surface area (Å²) in [7, 11) is 0. The molecule has 1 aliphatic carbocycles. The third kappa shape index (κ3) is 3.46. The molecule has 1 unspecified atom stereocenters. The predicted molar refractivity (Wildman–Crippen MR) is 96.0 cm³/mol. The van der Waals surface area contributed by atoms with Crippen molar-refractivity contribution in [2.45, 2.75) is 46.0 Å². The zero-order valence-electron chi connectivity index (χ0n) is 14.6. The molecule has 5 nitrogen and oxygen atoms in total. The van der Waals surface area contributed by atoms with Gasteiger partial charge in [0.2, 0.25) is 11.8 Å². The van der Waals surface area contributed by atoms with Crippen LogP contribution in [0, 0.1) is 18.3 Å². The van der Waals surface area contributed by atoms with Gasteiger partial charge in [0.15, 0.2) is 0 Å². The second-order valence-electron chi connectivity index (χ2n) is 7.13. The van der Waals surface area contributed by atoms with E-state index in [1.807, 2.05) is 32.0 Å². The minimum atomic E-state index is 0.0138. The molecular weight excluding hydrogens is 302 g/mol. The third-order valence-electron chi connectivity index (χ3n) is 5.45. The smallest absolute Gasteiger partial charge is 0.228 e. The Morgan fingerprint density at radius 3 is 2.54 bits per heavy atom. The van der Waals surface area contributed by atoms with Crippen LogP contribution < -0.4 is 16.0 Å². The Morgan fingerprint density at radius 1 is 1.21 bits per heavy atom. The van der Waals surface area contributed by atoms with Crippen molar-refractivity contribution >= 4 is 23.2 Å². The van der Waals surface area contributed by atoms with Crippen molar-refractivity contribution in [1.82, 2.24) is 5.32 Å². The molecule has 0 radical (unpaired) electrons. The van der Waals surface area contributed by atoms with Gasteiger partial charge in [-0.15, -0.1) is 0 Å². The fourth-order valence-corrected chi connectivity index (χ4v) is 3.76. The molecule has 1 aromatic rings. The molecule has 24 heavy (non-hydrogen) atoms. The summed E-state index contributed by atoms with van der Waals surface area (Å²) in [6, 6.07) is 5.65. The lowest BCUT2D eigenvalue weighted by Crippen LogP contribution is -2.31. The molecule has 5 heteroatoms. The molecule has 3 rings (SSSR count). The quantitative estimate of drug-likeness (QED) is 0.777. The highest BCUT2D eigenvalue weighted by Crippen LogP contribution is 2.58. The van der Waals surface area contributed by atoms with E-state index in [0.29, 0.717) is 6.42 Å². The molecule has 1 saturated carbocycles. The highest BCUT2D eigenvalue weighted by Gasteiger charge is 2.57. The minimum Gasteiger partial charge on any atom is -0.326 e. The van der Waals surface area contributed by atoms with E-state index in [9.17, 15) is 9.59 Å². The second kappa shape index (κ2) is 6.93. The van der Waals surface area contributed by atoms with Crippen molar-refractivity contribution in [2.24, 2.45) is 11.3 Å². The summed E-state index contributed by atoms with van der Waals surface area (Å²) in [6.45, 7) is 5.95. The monoisotopic (exact) mass is 329 g/mol. The molecule has 1 atom stereocenters. The zero-order valence-corrected chi connectivity index (χ0v) is 14.6. The molecule has 3 N–H and O–H groups in total. The molecule has 0 aromatic heterocycles. The topological polar surface area (TPSA) is 70.2 Å². The molecule has 2 aliphatic rings. The summed E-state index contributed by atoms with van der Waals surface area (Å²) < 4.78 is 0. The van der Waals surface area contributed by atoms with Crippen LogP contribution in [0.4, 0.5) is 11.4 Å². The van der Waals surface area contributed by atoms with E-state index >= 15 is 0 Å². The number of piperidine rings is 1. The van der Waals surface area contributed by atoms with Crippen LogP contribution >= 0.6 is 0 Å². The summed E-state index contributed by atoms with van der Waals surface area (Å²) in [5.41, 5.74) is 2.72. The molecule has 1 aliphatic heterocycles. The van der Waals surface area contributed by atoms with Gasteiger partial charge in [-0.05, 0) is 68.8 Å². The van der Waals surface area contributed by atoms with Crippen LogP contribution in [-0.4, -0.2) is 24.9 Å². The largest absolute Gasteiger partial charge is 0.326 e. The van der Waals surface area contributed by atoms with Crippen LogP contribution in [0.1, 0.15) is 44.6 Å². The number of benzene rings is 1. The van der Waals surface area contributed by atoms with E-state index in [0.717, 1.165) is 55.7 Å². The van der Waals surface area contributed by atoms with E-state index in [1.54, 1.807) is 0 Å². The van der Waals surface area contributed by atoms with Gasteiger partial charge in [0.05, 0.1) is 0 Å². The maximum atomic E-state index is 12.6. The van der Waals surface area contributed by atoms with Crippen molar-refractivity contribution < 1.29 is 9.59 Å². The van der Waals surface area contributed by atoms with Crippen LogP contribution in [0.25, 0.3) is 0 Å². The third-order valence-corrected chi connectivity index (χ3v) is 5.45. The summed E-state index contributed by atoms with van der Waals surface area (Å²) in [4.78, 5) is 24.4. The van der Waals surface area contributed by atoms with Crippen molar-refractivity contribution in [2.75, 3.05) is 23.7 Å². The summed E-state index contributed by atoms with van der Waals surface area (Å²) >= 11 is 0. The maximum absolute atomic E-state index is 12.6. The number of hydrogen-bond donors (Lipinski definition) is 3. The maximum Gasteiger partial charge on any atom is 0.228 e. The second-order valence-corrected chi connectivity index (χ2v) is 7.13. The SMILES string of the molecule is CCCC(=O)Nc1cccc(NC(=O)C2CC23CCNCC3)c1C. The van der Waals surface area contributed by atoms with Gasteiger partial charge >= 0.3 is 0 Å². The van der Waals surface area contributed by atoms with Crippen molar-refractivity contribution in [3.8, 4) is 0 Å². The number of anilines is 2. The van der Waals surface area contributed by atoms with Crippen LogP contribution in [-0.2, 0) is 9.59 Å². The number of carbonyl (C=O) groups excluding carboxylic acids is 2. The van der Waals surface area contributed by atoms with Crippen molar-refractivity contribution in [3.63, 3.8) is 0 Å². The molecule has 1 saturated heterocycles. The number of nitrogens with one attached hydrogen (secondary N) is 3. The van der Waals surface area contributed by atoms with Gasteiger partial charge in [-0.3, -0.25) is 9.59 Å².